The highest BCUT2D eigenvalue weighted by Gasteiger charge is 1.93. The maximum atomic E-state index is 12.6. The van der Waals surface area contributed by atoms with Crippen molar-refractivity contribution in [2.24, 2.45) is 0 Å². The van der Waals surface area contributed by atoms with E-state index >= 15 is 0 Å². The summed E-state index contributed by atoms with van der Waals surface area (Å²) in [5, 5.41) is 0. The van der Waals surface area contributed by atoms with Crippen LogP contribution in [0.1, 0.15) is 5.56 Å². The fourth-order valence-electron chi connectivity index (χ4n) is 0.925. The van der Waals surface area contributed by atoms with Crippen LogP contribution in [0.15, 0.2) is 24.3 Å². The van der Waals surface area contributed by atoms with Gasteiger partial charge in [0.15, 0.2) is 0 Å². The van der Waals surface area contributed by atoms with Crippen LogP contribution >= 0.6 is 0 Å². The molecule has 4 heteroatoms. The number of rotatable bonds is 3. The fourth-order valence-corrected chi connectivity index (χ4v) is 0.925. The Labute approximate surface area is 88.3 Å². The predicted molar refractivity (Wildman–Crippen MR) is 41.0 cm³/mol. The zero-order chi connectivity index (χ0) is 8.10. The summed E-state index contributed by atoms with van der Waals surface area (Å²) in [6.45, 7) is 0.781. The molecule has 0 saturated carbocycles. The largest absolute Gasteiger partial charge is 1.00 e. The molecule has 68 valence electrons. The second kappa shape index (κ2) is 6.33. The van der Waals surface area contributed by atoms with Crippen molar-refractivity contribution in [2.45, 2.75) is 6.42 Å². The minimum atomic E-state index is -0.174. The molecule has 1 aromatic rings. The summed E-state index contributed by atoms with van der Waals surface area (Å²) in [7, 11) is 0. The zero-order valence-corrected chi connectivity index (χ0v) is 8.84. The number of hydrogen-bond acceptors (Lipinski definition) is 1. The van der Waals surface area contributed by atoms with Crippen LogP contribution in [0.2, 0.25) is 0 Å². The van der Waals surface area contributed by atoms with Crippen molar-refractivity contribution < 1.29 is 34.2 Å². The summed E-state index contributed by atoms with van der Waals surface area (Å²) < 4.78 is 12.6. The van der Waals surface area contributed by atoms with E-state index in [0.717, 1.165) is 18.5 Å². The second-order valence-corrected chi connectivity index (χ2v) is 2.38. The van der Waals surface area contributed by atoms with Gasteiger partial charge < -0.3 is 24.0 Å². The molecule has 0 aliphatic rings. The Kier molecular flexibility index (Phi) is 6.23. The van der Waals surface area contributed by atoms with Gasteiger partial charge in [0.2, 0.25) is 0 Å². The van der Waals surface area contributed by atoms with Crippen LogP contribution in [0, 0.1) is 5.82 Å². The van der Waals surface area contributed by atoms with Crippen LogP contribution in [0.4, 0.5) is 4.39 Å². The highest BCUT2D eigenvalue weighted by Crippen LogP contribution is 2.02. The first-order valence-corrected chi connectivity index (χ1v) is 3.57. The third-order valence-corrected chi connectivity index (χ3v) is 1.48. The lowest BCUT2D eigenvalue weighted by Crippen LogP contribution is -3.00. The molecule has 0 radical (unpaired) electrons. The summed E-state index contributed by atoms with van der Waals surface area (Å²) in [6.07, 6.45) is 0.821. The van der Waals surface area contributed by atoms with Gasteiger partial charge in [-0.25, -0.2) is 4.39 Å². The first kappa shape index (κ1) is 11.8. The average molecular weight is 282 g/mol. The Morgan fingerprint density at radius 1 is 1.42 bits per heavy atom. The minimum absolute atomic E-state index is 0. The normalized spacial score (nSPS) is 9.17. The summed E-state index contributed by atoms with van der Waals surface area (Å²) in [4.78, 5) is 0. The standard InChI is InChI=1S/C8H11FN2.HI/c9-8-3-1-2-7(6-8)4-5-11-10;/h1-3,6,11H,4-5,10H2;1H. The smallest absolute Gasteiger partial charge is 0.123 e. The van der Waals surface area contributed by atoms with Gasteiger partial charge in [0, 0.05) is 6.54 Å². The molecule has 0 aliphatic carbocycles. The van der Waals surface area contributed by atoms with Gasteiger partial charge in [-0.05, 0) is 24.1 Å². The number of benzene rings is 1. The van der Waals surface area contributed by atoms with Crippen molar-refractivity contribution >= 4 is 0 Å². The molecule has 0 heterocycles. The predicted octanol–water partition coefficient (Wildman–Crippen LogP) is -2.88. The zero-order valence-electron chi connectivity index (χ0n) is 6.69. The first-order chi connectivity index (χ1) is 5.33. The maximum absolute atomic E-state index is 12.6. The Hall–Kier alpha value is -0.200. The minimum Gasteiger partial charge on any atom is -1.00 e. The van der Waals surface area contributed by atoms with Crippen LogP contribution in [0.25, 0.3) is 0 Å². The van der Waals surface area contributed by atoms with Gasteiger partial charge in [0.25, 0.3) is 0 Å². The molecule has 2 nitrogen and oxygen atoms in total. The van der Waals surface area contributed by atoms with E-state index in [1.165, 1.54) is 12.1 Å². The first-order valence-electron chi connectivity index (χ1n) is 3.57. The van der Waals surface area contributed by atoms with Gasteiger partial charge in [-0.2, -0.15) is 5.43 Å². The molecule has 0 unspecified atom stereocenters. The van der Waals surface area contributed by atoms with Crippen LogP contribution < -0.4 is 35.2 Å². The molecule has 0 aliphatic heterocycles. The van der Waals surface area contributed by atoms with E-state index in [2.05, 4.69) is 11.3 Å². The Morgan fingerprint density at radius 2 is 2.17 bits per heavy atom. The molecule has 12 heavy (non-hydrogen) atoms. The van der Waals surface area contributed by atoms with Gasteiger partial charge in [-0.3, -0.25) is 5.84 Å². The Morgan fingerprint density at radius 3 is 2.75 bits per heavy atom. The molecule has 0 bridgehead atoms. The van der Waals surface area contributed by atoms with Gasteiger partial charge in [0.05, 0.1) is 0 Å². The molecule has 0 saturated heterocycles. The van der Waals surface area contributed by atoms with Crippen LogP contribution in [-0.4, -0.2) is 6.54 Å². The van der Waals surface area contributed by atoms with E-state index in [1.54, 1.807) is 6.07 Å². The highest BCUT2D eigenvalue weighted by atomic mass is 127. The number of quaternary nitrogens is 1. The van der Waals surface area contributed by atoms with Crippen molar-refractivity contribution in [3.8, 4) is 0 Å². The molecule has 0 spiro atoms. The third-order valence-electron chi connectivity index (χ3n) is 1.48. The lowest BCUT2D eigenvalue weighted by atomic mass is 10.1. The van der Waals surface area contributed by atoms with Gasteiger partial charge in [-0.15, -0.1) is 0 Å². The Bertz CT molecular complexity index is 230. The van der Waals surface area contributed by atoms with Crippen molar-refractivity contribution in [2.75, 3.05) is 6.54 Å². The number of halogens is 2. The maximum Gasteiger partial charge on any atom is 0.123 e. The highest BCUT2D eigenvalue weighted by molar-refractivity contribution is 5.16. The summed E-state index contributed by atoms with van der Waals surface area (Å²) in [5.74, 6) is 3.30. The van der Waals surface area contributed by atoms with Gasteiger partial charge >= 0.3 is 0 Å². The van der Waals surface area contributed by atoms with Gasteiger partial charge in [0.1, 0.15) is 5.82 Å². The molecular weight excluding hydrogens is 270 g/mol. The number of nitrogens with one attached hydrogen (secondary N) is 1. The van der Waals surface area contributed by atoms with Crippen molar-refractivity contribution in [1.29, 1.82) is 0 Å². The summed E-state index contributed by atoms with van der Waals surface area (Å²) in [5.41, 5.74) is 3.76. The van der Waals surface area contributed by atoms with Crippen molar-refractivity contribution in [1.82, 2.24) is 5.43 Å². The molecule has 4 N–H and O–H groups in total. The molecule has 0 atom stereocenters. The molecule has 1 rings (SSSR count). The van der Waals surface area contributed by atoms with E-state index in [0.29, 0.717) is 0 Å². The average Bonchev–Trinajstić information content (AvgIpc) is 2.01. The number of hydrogen-bond donors (Lipinski definition) is 2. The lowest BCUT2D eigenvalue weighted by molar-refractivity contribution is -0.442. The van der Waals surface area contributed by atoms with Crippen molar-refractivity contribution in [3.05, 3.63) is 35.6 Å². The summed E-state index contributed by atoms with van der Waals surface area (Å²) >= 11 is 0. The molecule has 0 aromatic heterocycles. The van der Waals surface area contributed by atoms with E-state index in [4.69, 9.17) is 0 Å². The molecule has 0 fully saturated rings. The quantitative estimate of drug-likeness (QED) is 0.454. The topological polar surface area (TPSA) is 39.7 Å². The van der Waals surface area contributed by atoms with E-state index in [-0.39, 0.29) is 29.8 Å². The molecule has 1 aromatic carbocycles. The lowest BCUT2D eigenvalue weighted by Gasteiger charge is -1.97. The van der Waals surface area contributed by atoms with Crippen molar-refractivity contribution in [3.63, 3.8) is 0 Å². The monoisotopic (exact) mass is 282 g/mol. The Balaban J connectivity index is 0.00000121. The second-order valence-electron chi connectivity index (χ2n) is 2.38. The third kappa shape index (κ3) is 3.99. The van der Waals surface area contributed by atoms with Gasteiger partial charge in [-0.1, -0.05) is 12.1 Å². The summed E-state index contributed by atoms with van der Waals surface area (Å²) in [6, 6.07) is 6.60. The SMILES string of the molecule is [I-].[NH3+]NCCc1cccc(F)c1. The van der Waals surface area contributed by atoms with Crippen LogP contribution in [-0.2, 0) is 6.42 Å². The van der Waals surface area contributed by atoms with Crippen LogP contribution in [0.5, 0.6) is 0 Å². The van der Waals surface area contributed by atoms with E-state index in [9.17, 15) is 4.39 Å². The van der Waals surface area contributed by atoms with E-state index in [1.807, 2.05) is 6.07 Å². The molecule has 0 amide bonds. The van der Waals surface area contributed by atoms with E-state index < -0.39 is 0 Å². The molecular formula is C8H12FIN2. The fraction of sp³-hybridized carbons (Fsp3) is 0.250. The van der Waals surface area contributed by atoms with Crippen LogP contribution in [0.3, 0.4) is 0 Å².